The summed E-state index contributed by atoms with van der Waals surface area (Å²) in [6.45, 7) is 1.95. The zero-order valence-corrected chi connectivity index (χ0v) is 10.5. The highest BCUT2D eigenvalue weighted by Gasteiger charge is 2.38. The van der Waals surface area contributed by atoms with Crippen molar-refractivity contribution in [3.63, 3.8) is 0 Å². The van der Waals surface area contributed by atoms with E-state index in [4.69, 9.17) is 0 Å². The van der Waals surface area contributed by atoms with Crippen molar-refractivity contribution in [3.8, 4) is 0 Å². The van der Waals surface area contributed by atoms with E-state index in [9.17, 15) is 8.42 Å². The van der Waals surface area contributed by atoms with Crippen LogP contribution < -0.4 is 5.32 Å². The summed E-state index contributed by atoms with van der Waals surface area (Å²) >= 11 is 0. The maximum atomic E-state index is 12.4. The Morgan fingerprint density at radius 3 is 2.41 bits per heavy atom. The highest BCUT2D eigenvalue weighted by atomic mass is 32.2. The Kier molecular flexibility index (Phi) is 2.38. The first-order valence-electron chi connectivity index (χ1n) is 5.87. The molecule has 2 aliphatic rings. The molecular formula is C13H15NO2S. The fraction of sp³-hybridized carbons (Fsp3) is 0.385. The maximum Gasteiger partial charge on any atom is 0.204 e. The number of hydrogen-bond acceptors (Lipinski definition) is 3. The first kappa shape index (κ1) is 11.0. The van der Waals surface area contributed by atoms with Crippen LogP contribution in [-0.2, 0) is 9.84 Å². The van der Waals surface area contributed by atoms with Gasteiger partial charge in [-0.2, -0.15) is 0 Å². The summed E-state index contributed by atoms with van der Waals surface area (Å²) in [6.07, 6.45) is 3.86. The van der Waals surface area contributed by atoms with Crippen molar-refractivity contribution in [1.29, 1.82) is 0 Å². The van der Waals surface area contributed by atoms with Crippen molar-refractivity contribution in [2.75, 3.05) is 0 Å². The van der Waals surface area contributed by atoms with Crippen LogP contribution in [-0.4, -0.2) is 20.5 Å². The number of sulfone groups is 1. The third kappa shape index (κ3) is 1.72. The van der Waals surface area contributed by atoms with E-state index in [1.165, 1.54) is 0 Å². The summed E-state index contributed by atoms with van der Waals surface area (Å²) in [5, 5.41) is 3.29. The van der Waals surface area contributed by atoms with Crippen LogP contribution in [0.5, 0.6) is 0 Å². The zero-order valence-electron chi connectivity index (χ0n) is 9.68. The van der Waals surface area contributed by atoms with Crippen molar-refractivity contribution in [2.24, 2.45) is 0 Å². The minimum Gasteiger partial charge on any atom is -0.303 e. The summed E-state index contributed by atoms with van der Waals surface area (Å²) in [7, 11) is -3.29. The molecule has 1 aromatic carbocycles. The summed E-state index contributed by atoms with van der Waals surface area (Å²) < 4.78 is 24.9. The Morgan fingerprint density at radius 1 is 1.18 bits per heavy atom. The molecule has 2 heterocycles. The van der Waals surface area contributed by atoms with Crippen LogP contribution in [0.1, 0.15) is 18.4 Å². The van der Waals surface area contributed by atoms with Crippen LogP contribution in [0.3, 0.4) is 0 Å². The molecule has 2 atom stereocenters. The average molecular weight is 249 g/mol. The van der Waals surface area contributed by atoms with Crippen LogP contribution in [0.15, 0.2) is 40.1 Å². The molecule has 1 aromatic rings. The molecule has 3 rings (SSSR count). The quantitative estimate of drug-likeness (QED) is 0.869. The Labute approximate surface area is 101 Å². The van der Waals surface area contributed by atoms with E-state index in [1.807, 2.05) is 25.1 Å². The van der Waals surface area contributed by atoms with Gasteiger partial charge in [0.1, 0.15) is 0 Å². The van der Waals surface area contributed by atoms with Crippen LogP contribution in [0.4, 0.5) is 0 Å². The SMILES string of the molecule is Cc1ccc(S(=O)(=O)C2=CC3CCC2N3)cc1. The third-order valence-electron chi connectivity index (χ3n) is 3.53. The Hall–Kier alpha value is -1.13. The standard InChI is InChI=1S/C13H15NO2S/c1-9-2-5-11(6-3-9)17(15,16)13-8-10-4-7-12(13)14-10/h2-3,5-6,8,10,12,14H,4,7H2,1H3. The summed E-state index contributed by atoms with van der Waals surface area (Å²) in [5.41, 5.74) is 1.07. The smallest absolute Gasteiger partial charge is 0.204 e. The molecule has 17 heavy (non-hydrogen) atoms. The van der Waals surface area contributed by atoms with E-state index in [1.54, 1.807) is 12.1 Å². The van der Waals surface area contributed by atoms with Gasteiger partial charge in [-0.25, -0.2) is 8.42 Å². The molecule has 1 saturated heterocycles. The monoisotopic (exact) mass is 249 g/mol. The largest absolute Gasteiger partial charge is 0.303 e. The molecule has 4 heteroatoms. The number of fused-ring (bicyclic) bond motifs is 2. The third-order valence-corrected chi connectivity index (χ3v) is 5.47. The van der Waals surface area contributed by atoms with Crippen LogP contribution >= 0.6 is 0 Å². The molecule has 0 radical (unpaired) electrons. The molecule has 1 fully saturated rings. The predicted octanol–water partition coefficient (Wildman–Crippen LogP) is 1.79. The fourth-order valence-corrected chi connectivity index (χ4v) is 4.24. The minimum atomic E-state index is -3.29. The lowest BCUT2D eigenvalue weighted by Crippen LogP contribution is -2.24. The van der Waals surface area contributed by atoms with Gasteiger partial charge < -0.3 is 5.32 Å². The lowest BCUT2D eigenvalue weighted by Gasteiger charge is -2.13. The predicted molar refractivity (Wildman–Crippen MR) is 66.4 cm³/mol. The highest BCUT2D eigenvalue weighted by molar-refractivity contribution is 7.95. The zero-order chi connectivity index (χ0) is 12.0. The van der Waals surface area contributed by atoms with Gasteiger partial charge in [0.15, 0.2) is 0 Å². The van der Waals surface area contributed by atoms with E-state index < -0.39 is 9.84 Å². The van der Waals surface area contributed by atoms with Crippen LogP contribution in [0.2, 0.25) is 0 Å². The Bertz CT molecular complexity index is 572. The Morgan fingerprint density at radius 2 is 1.88 bits per heavy atom. The van der Waals surface area contributed by atoms with Gasteiger partial charge in [0.2, 0.25) is 9.84 Å². The lowest BCUT2D eigenvalue weighted by molar-refractivity contribution is 0.595. The average Bonchev–Trinajstić information content (AvgIpc) is 2.91. The molecule has 0 amide bonds. The van der Waals surface area contributed by atoms with Gasteiger partial charge in [0, 0.05) is 12.1 Å². The number of benzene rings is 1. The van der Waals surface area contributed by atoms with Gasteiger partial charge in [-0.3, -0.25) is 0 Å². The van der Waals surface area contributed by atoms with Crippen molar-refractivity contribution < 1.29 is 8.42 Å². The molecule has 0 aromatic heterocycles. The normalized spacial score (nSPS) is 27.2. The molecule has 0 aliphatic carbocycles. The van der Waals surface area contributed by atoms with Crippen molar-refractivity contribution in [1.82, 2.24) is 5.32 Å². The lowest BCUT2D eigenvalue weighted by atomic mass is 10.1. The minimum absolute atomic E-state index is 0.0336. The fourth-order valence-electron chi connectivity index (χ4n) is 2.57. The second kappa shape index (κ2) is 3.68. The second-order valence-corrected chi connectivity index (χ2v) is 6.74. The summed E-state index contributed by atoms with van der Waals surface area (Å²) in [6, 6.07) is 7.36. The van der Waals surface area contributed by atoms with E-state index in [0.29, 0.717) is 9.80 Å². The first-order valence-corrected chi connectivity index (χ1v) is 7.35. The first-order chi connectivity index (χ1) is 8.07. The van der Waals surface area contributed by atoms with E-state index in [0.717, 1.165) is 18.4 Å². The maximum absolute atomic E-state index is 12.4. The van der Waals surface area contributed by atoms with Gasteiger partial charge in [-0.05, 0) is 31.9 Å². The van der Waals surface area contributed by atoms with Crippen LogP contribution in [0, 0.1) is 6.92 Å². The number of aryl methyl sites for hydroxylation is 1. The van der Waals surface area contributed by atoms with E-state index in [2.05, 4.69) is 5.32 Å². The second-order valence-electron chi connectivity index (χ2n) is 4.79. The molecule has 90 valence electrons. The van der Waals surface area contributed by atoms with Crippen molar-refractivity contribution >= 4 is 9.84 Å². The van der Waals surface area contributed by atoms with Gasteiger partial charge >= 0.3 is 0 Å². The molecule has 2 bridgehead atoms. The molecule has 2 aliphatic heterocycles. The summed E-state index contributed by atoms with van der Waals surface area (Å²) in [4.78, 5) is 0.973. The van der Waals surface area contributed by atoms with Gasteiger partial charge in [0.25, 0.3) is 0 Å². The number of hydrogen-bond donors (Lipinski definition) is 1. The molecule has 0 saturated carbocycles. The molecular weight excluding hydrogens is 234 g/mol. The van der Waals surface area contributed by atoms with Crippen LogP contribution in [0.25, 0.3) is 0 Å². The molecule has 3 nitrogen and oxygen atoms in total. The van der Waals surface area contributed by atoms with Gasteiger partial charge in [0.05, 0.1) is 9.80 Å². The highest BCUT2D eigenvalue weighted by Crippen LogP contribution is 2.34. The topological polar surface area (TPSA) is 46.2 Å². The number of rotatable bonds is 2. The molecule has 2 unspecified atom stereocenters. The van der Waals surface area contributed by atoms with Gasteiger partial charge in [-0.1, -0.05) is 23.8 Å². The summed E-state index contributed by atoms with van der Waals surface area (Å²) in [5.74, 6) is 0. The Balaban J connectivity index is 2.02. The molecule has 1 N–H and O–H groups in total. The van der Waals surface area contributed by atoms with E-state index >= 15 is 0 Å². The van der Waals surface area contributed by atoms with E-state index in [-0.39, 0.29) is 12.1 Å². The van der Waals surface area contributed by atoms with Crippen molar-refractivity contribution in [3.05, 3.63) is 40.8 Å². The van der Waals surface area contributed by atoms with Crippen molar-refractivity contribution in [2.45, 2.75) is 36.7 Å². The number of nitrogens with one attached hydrogen (secondary N) is 1. The molecule has 0 spiro atoms. The van der Waals surface area contributed by atoms with Gasteiger partial charge in [-0.15, -0.1) is 0 Å².